The number of amides is 2. The first-order chi connectivity index (χ1) is 9.58. The van der Waals surface area contributed by atoms with Gasteiger partial charge in [-0.25, -0.2) is 9.64 Å². The van der Waals surface area contributed by atoms with E-state index >= 15 is 0 Å². The molecule has 4 nitrogen and oxygen atoms in total. The molecular formula is C15H12ClN3O. The van der Waals surface area contributed by atoms with E-state index in [1.165, 1.54) is 0 Å². The standard InChI is InChI=1S/C15H12ClN3O/c1-10-4-3-5-11(8-10)18-15(20)19-12-6-7-14(17-2)13(16)9-12/h3-9H,1H3,(H2,18,19,20). The number of carbonyl (C=O) groups excluding carboxylic acids is 1. The second-order valence-electron chi connectivity index (χ2n) is 4.23. The van der Waals surface area contributed by atoms with Gasteiger partial charge in [0.15, 0.2) is 0 Å². The van der Waals surface area contributed by atoms with E-state index in [0.29, 0.717) is 22.1 Å². The quantitative estimate of drug-likeness (QED) is 0.762. The molecule has 0 aromatic heterocycles. The first-order valence-corrected chi connectivity index (χ1v) is 6.28. The Balaban J connectivity index is 2.05. The van der Waals surface area contributed by atoms with Crippen molar-refractivity contribution in [1.29, 1.82) is 0 Å². The van der Waals surface area contributed by atoms with Crippen molar-refractivity contribution in [3.63, 3.8) is 0 Å². The van der Waals surface area contributed by atoms with E-state index in [9.17, 15) is 4.79 Å². The Kier molecular flexibility index (Phi) is 4.24. The normalized spacial score (nSPS) is 9.65. The number of benzene rings is 2. The molecule has 0 saturated heterocycles. The minimum atomic E-state index is -0.359. The van der Waals surface area contributed by atoms with Crippen LogP contribution in [0.4, 0.5) is 21.9 Å². The van der Waals surface area contributed by atoms with E-state index in [2.05, 4.69) is 15.5 Å². The van der Waals surface area contributed by atoms with Gasteiger partial charge in [-0.3, -0.25) is 0 Å². The fourth-order valence-electron chi connectivity index (χ4n) is 1.69. The number of rotatable bonds is 2. The number of hydrogen-bond acceptors (Lipinski definition) is 1. The monoisotopic (exact) mass is 285 g/mol. The van der Waals surface area contributed by atoms with Gasteiger partial charge in [-0.05, 0) is 36.8 Å². The van der Waals surface area contributed by atoms with Crippen LogP contribution in [0.15, 0.2) is 42.5 Å². The Morgan fingerprint density at radius 1 is 1.15 bits per heavy atom. The van der Waals surface area contributed by atoms with Crippen LogP contribution in [0.5, 0.6) is 0 Å². The fourth-order valence-corrected chi connectivity index (χ4v) is 1.91. The van der Waals surface area contributed by atoms with Crippen molar-refractivity contribution < 1.29 is 4.79 Å². The van der Waals surface area contributed by atoms with Crippen LogP contribution < -0.4 is 10.6 Å². The molecule has 0 aliphatic carbocycles. The van der Waals surface area contributed by atoms with Gasteiger partial charge in [0.25, 0.3) is 0 Å². The summed E-state index contributed by atoms with van der Waals surface area (Å²) in [6, 6.07) is 11.9. The number of carbonyl (C=O) groups is 1. The van der Waals surface area contributed by atoms with Crippen molar-refractivity contribution in [2.75, 3.05) is 10.6 Å². The van der Waals surface area contributed by atoms with E-state index in [4.69, 9.17) is 18.2 Å². The predicted octanol–water partition coefficient (Wildman–Crippen LogP) is 4.84. The Morgan fingerprint density at radius 2 is 1.85 bits per heavy atom. The molecule has 0 aliphatic heterocycles. The van der Waals surface area contributed by atoms with Crippen LogP contribution in [0, 0.1) is 13.5 Å². The molecule has 20 heavy (non-hydrogen) atoms. The third-order valence-corrected chi connectivity index (χ3v) is 2.90. The smallest absolute Gasteiger partial charge is 0.308 e. The molecule has 2 amide bonds. The number of aryl methyl sites for hydroxylation is 1. The highest BCUT2D eigenvalue weighted by Crippen LogP contribution is 2.27. The van der Waals surface area contributed by atoms with Crippen molar-refractivity contribution in [3.8, 4) is 0 Å². The van der Waals surface area contributed by atoms with E-state index in [0.717, 1.165) is 5.56 Å². The largest absolute Gasteiger partial charge is 0.323 e. The molecule has 2 rings (SSSR count). The molecular weight excluding hydrogens is 274 g/mol. The highest BCUT2D eigenvalue weighted by molar-refractivity contribution is 6.33. The highest BCUT2D eigenvalue weighted by Gasteiger charge is 2.05. The Labute approximate surface area is 122 Å². The van der Waals surface area contributed by atoms with E-state index in [-0.39, 0.29) is 6.03 Å². The molecule has 0 radical (unpaired) electrons. The van der Waals surface area contributed by atoms with Crippen molar-refractivity contribution >= 4 is 34.7 Å². The van der Waals surface area contributed by atoms with Crippen molar-refractivity contribution in [3.05, 3.63) is 64.5 Å². The van der Waals surface area contributed by atoms with E-state index < -0.39 is 0 Å². The van der Waals surface area contributed by atoms with Gasteiger partial charge in [-0.15, -0.1) is 0 Å². The summed E-state index contributed by atoms with van der Waals surface area (Å²) in [5.41, 5.74) is 2.67. The van der Waals surface area contributed by atoms with Crippen LogP contribution in [-0.4, -0.2) is 6.03 Å². The topological polar surface area (TPSA) is 45.5 Å². The average Bonchev–Trinajstić information content (AvgIpc) is 2.38. The molecule has 0 atom stereocenters. The number of urea groups is 1. The minimum Gasteiger partial charge on any atom is -0.308 e. The maximum atomic E-state index is 11.8. The van der Waals surface area contributed by atoms with Gasteiger partial charge in [0.1, 0.15) is 0 Å². The third-order valence-electron chi connectivity index (χ3n) is 2.60. The molecule has 5 heteroatoms. The van der Waals surface area contributed by atoms with Crippen molar-refractivity contribution in [2.45, 2.75) is 6.92 Å². The molecule has 0 heterocycles. The van der Waals surface area contributed by atoms with Crippen LogP contribution in [0.1, 0.15) is 5.56 Å². The van der Waals surface area contributed by atoms with Gasteiger partial charge in [0.05, 0.1) is 6.57 Å². The zero-order chi connectivity index (χ0) is 14.5. The first kappa shape index (κ1) is 13.9. The minimum absolute atomic E-state index is 0.313. The maximum absolute atomic E-state index is 11.8. The van der Waals surface area contributed by atoms with Gasteiger partial charge < -0.3 is 10.6 Å². The lowest BCUT2D eigenvalue weighted by Gasteiger charge is -2.08. The molecule has 0 unspecified atom stereocenters. The van der Waals surface area contributed by atoms with E-state index in [1.54, 1.807) is 18.2 Å². The second kappa shape index (κ2) is 6.09. The summed E-state index contributed by atoms with van der Waals surface area (Å²) in [5.74, 6) is 0. The Bertz CT molecular complexity index is 692. The molecule has 0 bridgehead atoms. The van der Waals surface area contributed by atoms with Crippen molar-refractivity contribution in [2.24, 2.45) is 0 Å². The van der Waals surface area contributed by atoms with Crippen LogP contribution in [0.2, 0.25) is 5.02 Å². The lowest BCUT2D eigenvalue weighted by molar-refractivity contribution is 0.262. The Hall–Kier alpha value is -2.51. The highest BCUT2D eigenvalue weighted by atomic mass is 35.5. The Morgan fingerprint density at radius 3 is 2.45 bits per heavy atom. The molecule has 0 saturated carbocycles. The number of nitrogens with zero attached hydrogens (tertiary/aromatic N) is 1. The average molecular weight is 286 g/mol. The lowest BCUT2D eigenvalue weighted by atomic mass is 10.2. The molecule has 2 aromatic rings. The molecule has 0 spiro atoms. The summed E-state index contributed by atoms with van der Waals surface area (Å²) in [7, 11) is 0. The molecule has 0 aliphatic rings. The van der Waals surface area contributed by atoms with E-state index in [1.807, 2.05) is 31.2 Å². The zero-order valence-corrected chi connectivity index (χ0v) is 11.5. The van der Waals surface area contributed by atoms with Crippen LogP contribution >= 0.6 is 11.6 Å². The van der Waals surface area contributed by atoms with Gasteiger partial charge in [0, 0.05) is 16.4 Å². The third kappa shape index (κ3) is 3.50. The second-order valence-corrected chi connectivity index (χ2v) is 4.63. The molecule has 100 valence electrons. The summed E-state index contributed by atoms with van der Waals surface area (Å²) in [4.78, 5) is 15.1. The number of anilines is 2. The summed E-state index contributed by atoms with van der Waals surface area (Å²) in [5, 5.41) is 5.70. The molecule has 0 fully saturated rings. The van der Waals surface area contributed by atoms with Crippen molar-refractivity contribution in [1.82, 2.24) is 0 Å². The predicted molar refractivity (Wildman–Crippen MR) is 81.5 cm³/mol. The summed E-state index contributed by atoms with van der Waals surface area (Å²) >= 11 is 5.91. The fraction of sp³-hybridized carbons (Fsp3) is 0.0667. The van der Waals surface area contributed by atoms with Crippen LogP contribution in [0.25, 0.3) is 4.85 Å². The summed E-state index contributed by atoms with van der Waals surface area (Å²) < 4.78 is 0. The van der Waals surface area contributed by atoms with Gasteiger partial charge in [-0.2, -0.15) is 0 Å². The number of hydrogen-bond donors (Lipinski definition) is 2. The number of halogens is 1. The SMILES string of the molecule is [C-]#[N+]c1ccc(NC(=O)Nc2cccc(C)c2)cc1Cl. The summed E-state index contributed by atoms with van der Waals surface area (Å²) in [6.07, 6.45) is 0. The van der Waals surface area contributed by atoms with Gasteiger partial charge in [0.2, 0.25) is 5.69 Å². The van der Waals surface area contributed by atoms with Gasteiger partial charge >= 0.3 is 6.03 Å². The first-order valence-electron chi connectivity index (χ1n) is 5.90. The maximum Gasteiger partial charge on any atom is 0.323 e. The number of nitrogens with one attached hydrogen (secondary N) is 2. The van der Waals surface area contributed by atoms with Gasteiger partial charge in [-0.1, -0.05) is 29.8 Å². The van der Waals surface area contributed by atoms with Crippen LogP contribution in [0.3, 0.4) is 0 Å². The lowest BCUT2D eigenvalue weighted by Crippen LogP contribution is -2.19. The summed E-state index contributed by atoms with van der Waals surface area (Å²) in [6.45, 7) is 8.86. The molecule has 2 N–H and O–H groups in total. The zero-order valence-electron chi connectivity index (χ0n) is 10.8. The van der Waals surface area contributed by atoms with Crippen LogP contribution in [-0.2, 0) is 0 Å². The molecule has 2 aromatic carbocycles.